The Labute approximate surface area is 123 Å². The van der Waals surface area contributed by atoms with Crippen molar-refractivity contribution in [1.82, 2.24) is 5.06 Å². The standard InChI is InChI=1S/C18H27NO/c1-5-11-16(4)19(15-7-3)20-18(12-6-2)17-13-9-8-10-14-17/h5,7-10,13-14,16,18H,1,3,6,11-12,15H2,2,4H3. The number of hydrogen-bond donors (Lipinski definition) is 0. The maximum Gasteiger partial charge on any atom is 0.104 e. The van der Waals surface area contributed by atoms with Crippen LogP contribution >= 0.6 is 0 Å². The Balaban J connectivity index is 2.79. The fourth-order valence-corrected chi connectivity index (χ4v) is 2.19. The molecule has 2 heteroatoms. The highest BCUT2D eigenvalue weighted by Gasteiger charge is 2.19. The highest BCUT2D eigenvalue weighted by atomic mass is 16.7. The number of hydrogen-bond acceptors (Lipinski definition) is 2. The van der Waals surface area contributed by atoms with Gasteiger partial charge in [0.25, 0.3) is 0 Å². The largest absolute Gasteiger partial charge is 0.290 e. The Kier molecular flexibility index (Phi) is 7.93. The van der Waals surface area contributed by atoms with Gasteiger partial charge in [0.05, 0.1) is 0 Å². The Hall–Kier alpha value is -1.38. The molecule has 0 bridgehead atoms. The van der Waals surface area contributed by atoms with Crippen molar-refractivity contribution in [3.63, 3.8) is 0 Å². The maximum atomic E-state index is 6.25. The minimum Gasteiger partial charge on any atom is -0.290 e. The lowest BCUT2D eigenvalue weighted by Gasteiger charge is -2.31. The first-order valence-corrected chi connectivity index (χ1v) is 7.43. The highest BCUT2D eigenvalue weighted by Crippen LogP contribution is 2.25. The average Bonchev–Trinajstić information content (AvgIpc) is 2.47. The number of rotatable bonds is 10. The summed E-state index contributed by atoms with van der Waals surface area (Å²) in [4.78, 5) is 6.25. The lowest BCUT2D eigenvalue weighted by molar-refractivity contribution is -0.216. The second kappa shape index (κ2) is 9.51. The molecule has 0 saturated heterocycles. The molecule has 1 rings (SSSR count). The summed E-state index contributed by atoms with van der Waals surface area (Å²) in [5, 5.41) is 2.02. The quantitative estimate of drug-likeness (QED) is 0.443. The molecule has 110 valence electrons. The van der Waals surface area contributed by atoms with E-state index in [1.165, 1.54) is 5.56 Å². The van der Waals surface area contributed by atoms with E-state index in [1.54, 1.807) is 0 Å². The molecule has 1 aromatic carbocycles. The molecule has 0 aliphatic heterocycles. The molecule has 0 aliphatic carbocycles. The van der Waals surface area contributed by atoms with E-state index in [0.717, 1.165) is 25.8 Å². The smallest absolute Gasteiger partial charge is 0.104 e. The van der Waals surface area contributed by atoms with Crippen molar-refractivity contribution in [2.24, 2.45) is 0 Å². The summed E-state index contributed by atoms with van der Waals surface area (Å²) in [6.07, 6.45) is 6.93. The van der Waals surface area contributed by atoms with E-state index in [9.17, 15) is 0 Å². The minimum atomic E-state index is 0.105. The van der Waals surface area contributed by atoms with Gasteiger partial charge < -0.3 is 0 Å². The molecule has 2 atom stereocenters. The molecule has 0 radical (unpaired) electrons. The van der Waals surface area contributed by atoms with Crippen molar-refractivity contribution in [3.05, 3.63) is 61.2 Å². The predicted octanol–water partition coefficient (Wildman–Crippen LogP) is 4.91. The molecule has 0 spiro atoms. The lowest BCUT2D eigenvalue weighted by Crippen LogP contribution is -2.34. The Morgan fingerprint density at radius 2 is 1.90 bits per heavy atom. The van der Waals surface area contributed by atoms with Gasteiger partial charge in [-0.05, 0) is 25.3 Å². The van der Waals surface area contributed by atoms with E-state index in [2.05, 4.69) is 51.3 Å². The first-order chi connectivity index (χ1) is 9.72. The summed E-state index contributed by atoms with van der Waals surface area (Å²) in [6.45, 7) is 12.7. The van der Waals surface area contributed by atoms with E-state index in [-0.39, 0.29) is 6.10 Å². The molecule has 0 aliphatic rings. The van der Waals surface area contributed by atoms with Crippen LogP contribution in [0.4, 0.5) is 0 Å². The fraction of sp³-hybridized carbons (Fsp3) is 0.444. The van der Waals surface area contributed by atoms with Gasteiger partial charge in [-0.2, -0.15) is 5.06 Å². The van der Waals surface area contributed by atoms with Crippen molar-refractivity contribution < 1.29 is 4.84 Å². The van der Waals surface area contributed by atoms with Gasteiger partial charge >= 0.3 is 0 Å². The zero-order chi connectivity index (χ0) is 14.8. The molecule has 2 nitrogen and oxygen atoms in total. The minimum absolute atomic E-state index is 0.105. The van der Waals surface area contributed by atoms with E-state index in [4.69, 9.17) is 4.84 Å². The second-order valence-electron chi connectivity index (χ2n) is 5.06. The Morgan fingerprint density at radius 1 is 1.20 bits per heavy atom. The molecule has 20 heavy (non-hydrogen) atoms. The fourth-order valence-electron chi connectivity index (χ4n) is 2.19. The van der Waals surface area contributed by atoms with Crippen LogP contribution in [0.1, 0.15) is 44.8 Å². The van der Waals surface area contributed by atoms with Crippen LogP contribution in [0.15, 0.2) is 55.6 Å². The SMILES string of the molecule is C=CCC(C)N(CC=C)OC(CCC)c1ccccc1. The van der Waals surface area contributed by atoms with Crippen LogP contribution < -0.4 is 0 Å². The summed E-state index contributed by atoms with van der Waals surface area (Å²) >= 11 is 0. The Morgan fingerprint density at radius 3 is 2.45 bits per heavy atom. The van der Waals surface area contributed by atoms with Gasteiger partial charge in [0.2, 0.25) is 0 Å². The van der Waals surface area contributed by atoms with Crippen LogP contribution in [0.25, 0.3) is 0 Å². The average molecular weight is 273 g/mol. The van der Waals surface area contributed by atoms with Gasteiger partial charge in [-0.3, -0.25) is 4.84 Å². The molecule has 0 fully saturated rings. The third-order valence-electron chi connectivity index (χ3n) is 3.29. The summed E-state index contributed by atoms with van der Waals surface area (Å²) in [6, 6.07) is 10.7. The molecule has 0 heterocycles. The first-order valence-electron chi connectivity index (χ1n) is 7.43. The molecule has 0 saturated carbocycles. The van der Waals surface area contributed by atoms with Gasteiger partial charge in [-0.15, -0.1) is 13.2 Å². The predicted molar refractivity (Wildman–Crippen MR) is 86.4 cm³/mol. The third kappa shape index (κ3) is 5.32. The van der Waals surface area contributed by atoms with E-state index in [0.29, 0.717) is 6.04 Å². The topological polar surface area (TPSA) is 12.5 Å². The maximum absolute atomic E-state index is 6.25. The summed E-state index contributed by atoms with van der Waals surface area (Å²) in [5.74, 6) is 0. The summed E-state index contributed by atoms with van der Waals surface area (Å²) in [5.41, 5.74) is 1.23. The molecule has 0 aromatic heterocycles. The van der Waals surface area contributed by atoms with E-state index < -0.39 is 0 Å². The van der Waals surface area contributed by atoms with Crippen LogP contribution in [-0.4, -0.2) is 17.6 Å². The zero-order valence-electron chi connectivity index (χ0n) is 12.8. The number of nitrogens with zero attached hydrogens (tertiary/aromatic N) is 1. The number of benzene rings is 1. The molecule has 0 amide bonds. The lowest BCUT2D eigenvalue weighted by atomic mass is 10.1. The van der Waals surface area contributed by atoms with Gasteiger partial charge in [0.15, 0.2) is 0 Å². The molecule has 0 N–H and O–H groups in total. The zero-order valence-corrected chi connectivity index (χ0v) is 12.8. The first kappa shape index (κ1) is 16.7. The van der Waals surface area contributed by atoms with Crippen molar-refractivity contribution in [3.8, 4) is 0 Å². The van der Waals surface area contributed by atoms with Crippen LogP contribution in [0.5, 0.6) is 0 Å². The van der Waals surface area contributed by atoms with E-state index >= 15 is 0 Å². The van der Waals surface area contributed by atoms with Crippen molar-refractivity contribution in [2.75, 3.05) is 6.54 Å². The third-order valence-corrected chi connectivity index (χ3v) is 3.29. The monoisotopic (exact) mass is 273 g/mol. The molecule has 1 aromatic rings. The molecule has 2 unspecified atom stereocenters. The van der Waals surface area contributed by atoms with E-state index in [1.807, 2.05) is 23.3 Å². The van der Waals surface area contributed by atoms with Crippen LogP contribution in [0.2, 0.25) is 0 Å². The second-order valence-corrected chi connectivity index (χ2v) is 5.06. The normalized spacial score (nSPS) is 13.9. The van der Waals surface area contributed by atoms with Crippen LogP contribution in [-0.2, 0) is 4.84 Å². The van der Waals surface area contributed by atoms with Crippen LogP contribution in [0.3, 0.4) is 0 Å². The van der Waals surface area contributed by atoms with Crippen LogP contribution in [0, 0.1) is 0 Å². The number of hydroxylamine groups is 2. The summed E-state index contributed by atoms with van der Waals surface area (Å²) < 4.78 is 0. The van der Waals surface area contributed by atoms with Gasteiger partial charge in [-0.25, -0.2) is 0 Å². The van der Waals surface area contributed by atoms with Crippen molar-refractivity contribution in [2.45, 2.75) is 45.3 Å². The Bertz CT molecular complexity index is 388. The van der Waals surface area contributed by atoms with Gasteiger partial charge in [0.1, 0.15) is 6.10 Å². The highest BCUT2D eigenvalue weighted by molar-refractivity contribution is 5.17. The van der Waals surface area contributed by atoms with Gasteiger partial charge in [0, 0.05) is 12.6 Å². The molecular formula is C18H27NO. The van der Waals surface area contributed by atoms with Gasteiger partial charge in [-0.1, -0.05) is 55.8 Å². The summed E-state index contributed by atoms with van der Waals surface area (Å²) in [7, 11) is 0. The van der Waals surface area contributed by atoms with Crippen molar-refractivity contribution >= 4 is 0 Å². The van der Waals surface area contributed by atoms with Crippen molar-refractivity contribution in [1.29, 1.82) is 0 Å². The molecular weight excluding hydrogens is 246 g/mol.